The molecular weight excluding hydrogens is 466 g/mol. The van der Waals surface area contributed by atoms with E-state index in [2.05, 4.69) is 10.6 Å². The van der Waals surface area contributed by atoms with Gasteiger partial charge < -0.3 is 35.7 Å². The molecule has 1 aliphatic carbocycles. The van der Waals surface area contributed by atoms with E-state index in [0.29, 0.717) is 54.3 Å². The number of nitrogens with one attached hydrogen (secondary N) is 2. The number of carbonyl (C=O) groups excluding carboxylic acids is 1. The van der Waals surface area contributed by atoms with Crippen LogP contribution in [0.15, 0.2) is 29.1 Å². The maximum atomic E-state index is 13.2. The molecule has 5 N–H and O–H groups in total. The molecule has 2 aromatic rings. The maximum absolute atomic E-state index is 13.2. The molecule has 1 unspecified atom stereocenters. The topological polar surface area (TPSA) is 149 Å². The lowest BCUT2D eigenvalue weighted by atomic mass is 9.95. The second kappa shape index (κ2) is 11.8. The first kappa shape index (κ1) is 26.8. The van der Waals surface area contributed by atoms with E-state index in [9.17, 15) is 14.4 Å². The van der Waals surface area contributed by atoms with Gasteiger partial charge in [-0.15, -0.1) is 0 Å². The third-order valence-corrected chi connectivity index (χ3v) is 6.24. The molecule has 194 valence electrons. The molecule has 0 aromatic heterocycles. The van der Waals surface area contributed by atoms with Crippen LogP contribution < -0.4 is 36.0 Å². The molecule has 3 rings (SSSR count). The molecule has 1 aliphatic rings. The van der Waals surface area contributed by atoms with Crippen molar-refractivity contribution in [2.75, 3.05) is 33.2 Å². The van der Waals surface area contributed by atoms with Gasteiger partial charge in [0.25, 0.3) is 0 Å². The third-order valence-electron chi connectivity index (χ3n) is 6.24. The van der Waals surface area contributed by atoms with Crippen molar-refractivity contribution in [3.05, 3.63) is 45.6 Å². The summed E-state index contributed by atoms with van der Waals surface area (Å²) in [6.45, 7) is 1.82. The smallest absolute Gasteiger partial charge is 0.320 e. The number of anilines is 1. The zero-order valence-electron chi connectivity index (χ0n) is 21.0. The molecule has 1 amide bonds. The Hall–Kier alpha value is -3.79. The van der Waals surface area contributed by atoms with Crippen LogP contribution in [0.5, 0.6) is 17.2 Å². The van der Waals surface area contributed by atoms with Gasteiger partial charge in [-0.2, -0.15) is 0 Å². The lowest BCUT2D eigenvalue weighted by Crippen LogP contribution is -2.30. The number of ether oxygens (including phenoxy) is 3. The number of carboxylic acids is 1. The van der Waals surface area contributed by atoms with Crippen molar-refractivity contribution < 1.29 is 28.9 Å². The number of aliphatic carboxylic acids is 1. The van der Waals surface area contributed by atoms with Gasteiger partial charge >= 0.3 is 5.97 Å². The first-order valence-corrected chi connectivity index (χ1v) is 11.7. The fourth-order valence-electron chi connectivity index (χ4n) is 4.52. The number of carbonyl (C=O) groups is 2. The summed E-state index contributed by atoms with van der Waals surface area (Å²) >= 11 is 0. The van der Waals surface area contributed by atoms with E-state index < -0.39 is 18.1 Å². The third kappa shape index (κ3) is 5.71. The predicted octanol–water partition coefficient (Wildman–Crippen LogP) is 2.47. The number of methoxy groups -OCH3 is 3. The summed E-state index contributed by atoms with van der Waals surface area (Å²) in [7, 11) is 4.63. The molecule has 10 nitrogen and oxygen atoms in total. The van der Waals surface area contributed by atoms with E-state index in [-0.39, 0.29) is 17.8 Å². The largest absolute Gasteiger partial charge is 0.493 e. The average Bonchev–Trinajstić information content (AvgIpc) is 3.09. The van der Waals surface area contributed by atoms with Gasteiger partial charge in [0.05, 0.1) is 33.1 Å². The maximum Gasteiger partial charge on any atom is 0.320 e. The van der Waals surface area contributed by atoms with Gasteiger partial charge in [0.1, 0.15) is 6.04 Å². The molecule has 0 fully saturated rings. The zero-order valence-corrected chi connectivity index (χ0v) is 21.0. The number of carboxylic acid groups (broad SMARTS) is 1. The van der Waals surface area contributed by atoms with Gasteiger partial charge in [0.2, 0.25) is 17.1 Å². The van der Waals surface area contributed by atoms with E-state index in [0.717, 1.165) is 16.7 Å². The Labute approximate surface area is 209 Å². The van der Waals surface area contributed by atoms with Crippen LogP contribution in [-0.2, 0) is 16.0 Å². The molecule has 2 atom stereocenters. The molecule has 0 saturated heterocycles. The number of nitrogens with two attached hydrogens (primary N) is 1. The van der Waals surface area contributed by atoms with Crippen molar-refractivity contribution in [1.82, 2.24) is 5.32 Å². The molecule has 0 radical (unpaired) electrons. The lowest BCUT2D eigenvalue weighted by Gasteiger charge is -2.19. The highest BCUT2D eigenvalue weighted by molar-refractivity contribution is 5.83. The molecule has 0 heterocycles. The van der Waals surface area contributed by atoms with Crippen LogP contribution in [0.3, 0.4) is 0 Å². The fraction of sp³-hybridized carbons (Fsp3) is 0.423. The monoisotopic (exact) mass is 499 g/mol. The highest BCUT2D eigenvalue weighted by Crippen LogP contribution is 2.50. The first-order valence-electron chi connectivity index (χ1n) is 11.7. The van der Waals surface area contributed by atoms with E-state index in [1.807, 2.05) is 12.1 Å². The summed E-state index contributed by atoms with van der Waals surface area (Å²) in [6.07, 6.45) is 1.94. The number of rotatable bonds is 10. The number of aryl methyl sites for hydroxylation is 1. The van der Waals surface area contributed by atoms with E-state index in [1.165, 1.54) is 20.1 Å². The number of hydrogen-bond acceptors (Lipinski definition) is 8. The van der Waals surface area contributed by atoms with Gasteiger partial charge in [0, 0.05) is 19.0 Å². The summed E-state index contributed by atoms with van der Waals surface area (Å²) in [5.41, 5.74) is 8.77. The van der Waals surface area contributed by atoms with Crippen molar-refractivity contribution in [3.63, 3.8) is 0 Å². The van der Waals surface area contributed by atoms with E-state index >= 15 is 0 Å². The summed E-state index contributed by atoms with van der Waals surface area (Å²) in [5.74, 6) is 0.181. The molecule has 2 aromatic carbocycles. The molecule has 0 saturated carbocycles. The lowest BCUT2D eigenvalue weighted by molar-refractivity contribution is -0.138. The highest BCUT2D eigenvalue weighted by atomic mass is 16.5. The highest BCUT2D eigenvalue weighted by Gasteiger charge is 2.29. The normalized spacial score (nSPS) is 15.0. The van der Waals surface area contributed by atoms with Crippen LogP contribution in [0.1, 0.15) is 43.4 Å². The number of amides is 1. The Balaban J connectivity index is 2.13. The number of fused-ring (bicyclic) bond motifs is 3. The Morgan fingerprint density at radius 3 is 2.47 bits per heavy atom. The summed E-state index contributed by atoms with van der Waals surface area (Å²) in [5, 5.41) is 15.0. The molecular formula is C26H33N3O7. The van der Waals surface area contributed by atoms with Crippen molar-refractivity contribution in [1.29, 1.82) is 0 Å². The van der Waals surface area contributed by atoms with Crippen molar-refractivity contribution >= 4 is 17.6 Å². The van der Waals surface area contributed by atoms with Gasteiger partial charge in [-0.25, -0.2) is 0 Å². The van der Waals surface area contributed by atoms with Gasteiger partial charge in [-0.1, -0.05) is 6.07 Å². The standard InChI is InChI=1S/C26H33N3O7/c1-14(30)29-19-9-7-15-12-22(34-2)24(35-3)25(36-4)23(15)16-8-10-20(21(31)13-17(16)19)28-11-5-6-18(27)26(32)33/h8,10,12-13,18-19H,5-7,9,11,27H2,1-4H3,(H,28,31)(H,29,30)(H,32,33)/t18?,19-/m0/s1. The molecule has 10 heteroatoms. The number of benzene rings is 1. The molecule has 0 spiro atoms. The minimum Gasteiger partial charge on any atom is -0.493 e. The Morgan fingerprint density at radius 2 is 1.86 bits per heavy atom. The fourth-order valence-corrected chi connectivity index (χ4v) is 4.52. The molecule has 0 aliphatic heterocycles. The van der Waals surface area contributed by atoms with Crippen molar-refractivity contribution in [2.45, 2.75) is 44.7 Å². The van der Waals surface area contributed by atoms with Gasteiger partial charge in [0.15, 0.2) is 11.5 Å². The molecule has 0 bridgehead atoms. The van der Waals surface area contributed by atoms with Crippen molar-refractivity contribution in [3.8, 4) is 28.4 Å². The van der Waals surface area contributed by atoms with Crippen LogP contribution in [0.2, 0.25) is 0 Å². The van der Waals surface area contributed by atoms with E-state index in [4.69, 9.17) is 25.1 Å². The minimum atomic E-state index is -1.06. The van der Waals surface area contributed by atoms with Crippen LogP contribution >= 0.6 is 0 Å². The molecule has 36 heavy (non-hydrogen) atoms. The second-order valence-electron chi connectivity index (χ2n) is 8.61. The number of hydrogen-bond donors (Lipinski definition) is 4. The van der Waals surface area contributed by atoms with Crippen molar-refractivity contribution in [2.24, 2.45) is 5.73 Å². The Kier molecular flexibility index (Phi) is 8.76. The van der Waals surface area contributed by atoms with Gasteiger partial charge in [-0.05, 0) is 60.6 Å². The second-order valence-corrected chi connectivity index (χ2v) is 8.61. The Bertz CT molecular complexity index is 1200. The summed E-state index contributed by atoms with van der Waals surface area (Å²) in [6, 6.07) is 5.60. The predicted molar refractivity (Wildman–Crippen MR) is 136 cm³/mol. The summed E-state index contributed by atoms with van der Waals surface area (Å²) in [4.78, 5) is 36.1. The van der Waals surface area contributed by atoms with Gasteiger partial charge in [-0.3, -0.25) is 14.4 Å². The van der Waals surface area contributed by atoms with Crippen LogP contribution in [0.25, 0.3) is 11.1 Å². The average molecular weight is 500 g/mol. The van der Waals surface area contributed by atoms with Crippen LogP contribution in [-0.4, -0.2) is 50.9 Å². The van der Waals surface area contributed by atoms with E-state index in [1.54, 1.807) is 20.3 Å². The summed E-state index contributed by atoms with van der Waals surface area (Å²) < 4.78 is 16.9. The SMILES string of the molecule is COc1cc2c(c(OC)c1OC)-c1ccc(NCCCC(N)C(=O)O)c(=O)cc1[C@@H](NC(C)=O)CC2. The van der Waals surface area contributed by atoms with Crippen LogP contribution in [0.4, 0.5) is 5.69 Å². The Morgan fingerprint density at radius 1 is 1.14 bits per heavy atom. The van der Waals surface area contributed by atoms with Crippen LogP contribution in [0, 0.1) is 0 Å². The quantitative estimate of drug-likeness (QED) is 0.362. The minimum absolute atomic E-state index is 0.203. The zero-order chi connectivity index (χ0) is 26.4. The first-order chi connectivity index (χ1) is 17.2.